The summed E-state index contributed by atoms with van der Waals surface area (Å²) in [6.45, 7) is 5.19. The summed E-state index contributed by atoms with van der Waals surface area (Å²) >= 11 is 0. The minimum atomic E-state index is -4.87. The number of ether oxygens (including phenoxy) is 3. The fourth-order valence-electron chi connectivity index (χ4n) is 3.99. The van der Waals surface area contributed by atoms with E-state index in [0.29, 0.717) is 24.3 Å². The SMILES string of the molecule is COc1ccc(Cn2nc(C3CC(OC)CN3CC(=O)OC(C)(C)C)cc(C(F)(F)F)c2=O)cc1. The van der Waals surface area contributed by atoms with Crippen molar-refractivity contribution in [3.63, 3.8) is 0 Å². The van der Waals surface area contributed by atoms with Crippen molar-refractivity contribution in [3.05, 3.63) is 57.5 Å². The number of likely N-dealkylation sites (tertiary alicyclic amines) is 1. The minimum Gasteiger partial charge on any atom is -0.497 e. The van der Waals surface area contributed by atoms with Crippen molar-refractivity contribution in [2.24, 2.45) is 0 Å². The number of hydrogen-bond acceptors (Lipinski definition) is 7. The molecule has 8 nitrogen and oxygen atoms in total. The predicted molar refractivity (Wildman–Crippen MR) is 121 cm³/mol. The summed E-state index contributed by atoms with van der Waals surface area (Å²) < 4.78 is 58.1. The Kier molecular flexibility index (Phi) is 7.90. The Hall–Kier alpha value is -2.92. The van der Waals surface area contributed by atoms with E-state index >= 15 is 0 Å². The zero-order chi connectivity index (χ0) is 26.0. The van der Waals surface area contributed by atoms with Crippen molar-refractivity contribution in [3.8, 4) is 5.75 Å². The van der Waals surface area contributed by atoms with E-state index < -0.39 is 34.9 Å². The summed E-state index contributed by atoms with van der Waals surface area (Å²) in [7, 11) is 3.00. The number of esters is 1. The third kappa shape index (κ3) is 6.82. The molecule has 0 aliphatic carbocycles. The Balaban J connectivity index is 1.99. The van der Waals surface area contributed by atoms with Crippen LogP contribution in [0, 0.1) is 0 Å². The second-order valence-corrected chi connectivity index (χ2v) is 9.42. The topological polar surface area (TPSA) is 82.9 Å². The fraction of sp³-hybridized carbons (Fsp3) is 0.542. The highest BCUT2D eigenvalue weighted by atomic mass is 19.4. The van der Waals surface area contributed by atoms with Gasteiger partial charge in [-0.15, -0.1) is 0 Å². The Morgan fingerprint density at radius 1 is 1.14 bits per heavy atom. The van der Waals surface area contributed by atoms with Crippen molar-refractivity contribution in [2.75, 3.05) is 27.3 Å². The summed E-state index contributed by atoms with van der Waals surface area (Å²) in [5.41, 5.74) is -2.64. The first kappa shape index (κ1) is 26.7. The van der Waals surface area contributed by atoms with Gasteiger partial charge in [0.1, 0.15) is 16.9 Å². The number of carbonyl (C=O) groups excluding carboxylic acids is 1. The van der Waals surface area contributed by atoms with Gasteiger partial charge in [-0.2, -0.15) is 18.3 Å². The monoisotopic (exact) mass is 497 g/mol. The molecular formula is C24H30F3N3O5. The lowest BCUT2D eigenvalue weighted by Gasteiger charge is -2.26. The van der Waals surface area contributed by atoms with Gasteiger partial charge >= 0.3 is 12.1 Å². The van der Waals surface area contributed by atoms with E-state index in [9.17, 15) is 22.8 Å². The van der Waals surface area contributed by atoms with Crippen molar-refractivity contribution in [2.45, 2.75) is 57.7 Å². The molecule has 1 aliphatic rings. The number of benzene rings is 1. The first-order valence-electron chi connectivity index (χ1n) is 11.1. The van der Waals surface area contributed by atoms with Crippen LogP contribution in [0.5, 0.6) is 5.75 Å². The molecule has 1 aromatic carbocycles. The van der Waals surface area contributed by atoms with Crippen LogP contribution in [0.1, 0.15) is 50.1 Å². The Labute approximate surface area is 201 Å². The van der Waals surface area contributed by atoms with Gasteiger partial charge in [0.15, 0.2) is 0 Å². The molecule has 2 atom stereocenters. The first-order chi connectivity index (χ1) is 16.3. The molecule has 2 unspecified atom stereocenters. The molecule has 0 radical (unpaired) electrons. The molecule has 1 aromatic heterocycles. The number of methoxy groups -OCH3 is 2. The van der Waals surface area contributed by atoms with Crippen molar-refractivity contribution < 1.29 is 32.2 Å². The Morgan fingerprint density at radius 3 is 2.34 bits per heavy atom. The maximum absolute atomic E-state index is 13.8. The molecule has 2 heterocycles. The van der Waals surface area contributed by atoms with Gasteiger partial charge in [-0.1, -0.05) is 12.1 Å². The molecule has 1 aliphatic heterocycles. The number of halogens is 3. The van der Waals surface area contributed by atoms with Crippen LogP contribution in [0.25, 0.3) is 0 Å². The van der Waals surface area contributed by atoms with Crippen LogP contribution in [-0.4, -0.2) is 59.7 Å². The van der Waals surface area contributed by atoms with Gasteiger partial charge in [0.05, 0.1) is 38.0 Å². The molecular weight excluding hydrogens is 467 g/mol. The second kappa shape index (κ2) is 10.4. The number of aromatic nitrogens is 2. The molecule has 0 amide bonds. The van der Waals surface area contributed by atoms with Crippen molar-refractivity contribution >= 4 is 5.97 Å². The average molecular weight is 498 g/mol. The van der Waals surface area contributed by atoms with Crippen LogP contribution in [0.15, 0.2) is 35.1 Å². The molecule has 2 aromatic rings. The number of hydrogen-bond donors (Lipinski definition) is 0. The number of rotatable bonds is 7. The van der Waals surface area contributed by atoms with E-state index in [1.165, 1.54) is 14.2 Å². The number of alkyl halides is 3. The zero-order valence-electron chi connectivity index (χ0n) is 20.4. The minimum absolute atomic E-state index is 0.0357. The lowest BCUT2D eigenvalue weighted by Crippen LogP contribution is -2.37. The molecule has 1 fully saturated rings. The van der Waals surface area contributed by atoms with Crippen LogP contribution in [0.2, 0.25) is 0 Å². The van der Waals surface area contributed by atoms with E-state index in [0.717, 1.165) is 10.7 Å². The first-order valence-corrected chi connectivity index (χ1v) is 11.1. The molecule has 0 N–H and O–H groups in total. The normalized spacial score (nSPS) is 19.1. The molecule has 0 bridgehead atoms. The van der Waals surface area contributed by atoms with Gasteiger partial charge in [0.25, 0.3) is 5.56 Å². The summed E-state index contributed by atoms with van der Waals surface area (Å²) in [4.78, 5) is 26.8. The van der Waals surface area contributed by atoms with Crippen LogP contribution < -0.4 is 10.3 Å². The van der Waals surface area contributed by atoms with Gasteiger partial charge in [-0.3, -0.25) is 14.5 Å². The lowest BCUT2D eigenvalue weighted by atomic mass is 10.1. The van der Waals surface area contributed by atoms with Gasteiger partial charge in [0.2, 0.25) is 0 Å². The number of nitrogens with zero attached hydrogens (tertiary/aromatic N) is 3. The van der Waals surface area contributed by atoms with Gasteiger partial charge < -0.3 is 14.2 Å². The van der Waals surface area contributed by atoms with Crippen LogP contribution in [0.3, 0.4) is 0 Å². The molecule has 0 spiro atoms. The van der Waals surface area contributed by atoms with E-state index in [1.807, 2.05) is 0 Å². The second-order valence-electron chi connectivity index (χ2n) is 9.42. The predicted octanol–water partition coefficient (Wildman–Crippen LogP) is 3.42. The molecule has 0 saturated carbocycles. The van der Waals surface area contributed by atoms with E-state index in [-0.39, 0.29) is 24.9 Å². The summed E-state index contributed by atoms with van der Waals surface area (Å²) in [6.07, 6.45) is -4.88. The standard InChI is InChI=1S/C24H30F3N3O5/c1-23(2,3)35-21(31)14-29-13-17(34-5)10-20(29)19-11-18(24(25,26)27)22(32)30(28-19)12-15-6-8-16(33-4)9-7-15/h6-9,11,17,20H,10,12-14H2,1-5H3. The lowest BCUT2D eigenvalue weighted by molar-refractivity contribution is -0.156. The highest BCUT2D eigenvalue weighted by Crippen LogP contribution is 2.35. The number of carbonyl (C=O) groups is 1. The smallest absolute Gasteiger partial charge is 0.421 e. The van der Waals surface area contributed by atoms with E-state index in [1.54, 1.807) is 49.9 Å². The Morgan fingerprint density at radius 2 is 1.80 bits per heavy atom. The summed E-state index contributed by atoms with van der Waals surface area (Å²) in [5, 5.41) is 4.29. The molecule has 3 rings (SSSR count). The van der Waals surface area contributed by atoms with Crippen LogP contribution >= 0.6 is 0 Å². The fourth-order valence-corrected chi connectivity index (χ4v) is 3.99. The zero-order valence-corrected chi connectivity index (χ0v) is 20.4. The van der Waals surface area contributed by atoms with Crippen LogP contribution in [0.4, 0.5) is 13.2 Å². The van der Waals surface area contributed by atoms with Crippen LogP contribution in [-0.2, 0) is 27.0 Å². The maximum Gasteiger partial charge on any atom is 0.421 e. The third-order valence-electron chi connectivity index (χ3n) is 5.58. The van der Waals surface area contributed by atoms with Crippen molar-refractivity contribution in [1.29, 1.82) is 0 Å². The molecule has 11 heteroatoms. The molecule has 192 valence electrons. The summed E-state index contributed by atoms with van der Waals surface area (Å²) in [6, 6.07) is 6.71. The third-order valence-corrected chi connectivity index (χ3v) is 5.58. The van der Waals surface area contributed by atoms with E-state index in [4.69, 9.17) is 14.2 Å². The van der Waals surface area contributed by atoms with E-state index in [2.05, 4.69) is 5.10 Å². The largest absolute Gasteiger partial charge is 0.497 e. The maximum atomic E-state index is 13.8. The quantitative estimate of drug-likeness (QED) is 0.542. The van der Waals surface area contributed by atoms with Gasteiger partial charge in [-0.25, -0.2) is 4.68 Å². The highest BCUT2D eigenvalue weighted by Gasteiger charge is 2.40. The average Bonchev–Trinajstić information content (AvgIpc) is 3.16. The van der Waals surface area contributed by atoms with Gasteiger partial charge in [0, 0.05) is 13.7 Å². The van der Waals surface area contributed by atoms with Crippen molar-refractivity contribution in [1.82, 2.24) is 14.7 Å². The molecule has 35 heavy (non-hydrogen) atoms. The highest BCUT2D eigenvalue weighted by molar-refractivity contribution is 5.72. The molecule has 1 saturated heterocycles. The Bertz CT molecular complexity index is 1090. The van der Waals surface area contributed by atoms with Gasteiger partial charge in [-0.05, 0) is 51.0 Å². The summed E-state index contributed by atoms with van der Waals surface area (Å²) in [5.74, 6) is 0.0648.